The van der Waals surface area contributed by atoms with E-state index in [0.717, 1.165) is 30.4 Å². The second kappa shape index (κ2) is 10.4. The Morgan fingerprint density at radius 3 is 2.24 bits per heavy atom. The quantitative estimate of drug-likeness (QED) is 0.224. The maximum atomic E-state index is 14.1. The van der Waals surface area contributed by atoms with Crippen LogP contribution >= 0.6 is 11.8 Å². The average Bonchev–Trinajstić information content (AvgIpc) is 3.40. The molecule has 174 valence electrons. The van der Waals surface area contributed by atoms with Gasteiger partial charge in [-0.2, -0.15) is 0 Å². The van der Waals surface area contributed by atoms with Crippen LogP contribution in [0.15, 0.2) is 78.0 Å². The highest BCUT2D eigenvalue weighted by atomic mass is 32.2. The number of ether oxygens (including phenoxy) is 1. The van der Waals surface area contributed by atoms with Crippen molar-refractivity contribution in [1.29, 1.82) is 0 Å². The van der Waals surface area contributed by atoms with Gasteiger partial charge >= 0.3 is 0 Å². The minimum absolute atomic E-state index is 0.159. The van der Waals surface area contributed by atoms with Crippen LogP contribution in [0.3, 0.4) is 0 Å². The van der Waals surface area contributed by atoms with Gasteiger partial charge in [0.25, 0.3) is 0 Å². The highest BCUT2D eigenvalue weighted by molar-refractivity contribution is 7.99. The fourth-order valence-corrected chi connectivity index (χ4v) is 5.77. The van der Waals surface area contributed by atoms with Crippen LogP contribution in [0, 0.1) is 5.82 Å². The first-order valence-electron chi connectivity index (χ1n) is 11.9. The summed E-state index contributed by atoms with van der Waals surface area (Å²) in [4.78, 5) is 0. The van der Waals surface area contributed by atoms with E-state index >= 15 is 0 Å². The van der Waals surface area contributed by atoms with Crippen LogP contribution in [-0.4, -0.2) is 14.8 Å². The first-order chi connectivity index (χ1) is 16.8. The molecule has 0 saturated heterocycles. The largest absolute Gasteiger partial charge is 0.483 e. The molecule has 0 amide bonds. The van der Waals surface area contributed by atoms with Crippen molar-refractivity contribution < 1.29 is 9.13 Å². The fraction of sp³-hybridized carbons (Fsp3) is 0.286. The first-order valence-corrected chi connectivity index (χ1v) is 12.8. The second-order valence-electron chi connectivity index (χ2n) is 8.50. The minimum atomic E-state index is -0.370. The van der Waals surface area contributed by atoms with Crippen molar-refractivity contribution in [3.63, 3.8) is 0 Å². The van der Waals surface area contributed by atoms with E-state index in [4.69, 9.17) is 4.74 Å². The molecule has 0 N–H and O–H groups in total. The molecule has 4 aromatic rings. The monoisotopic (exact) mass is 473 g/mol. The lowest BCUT2D eigenvalue weighted by molar-refractivity contribution is 0.273. The summed E-state index contributed by atoms with van der Waals surface area (Å²) in [5.41, 5.74) is 5.18. The molecule has 5 rings (SSSR count). The summed E-state index contributed by atoms with van der Waals surface area (Å²) in [6, 6.07) is 23.6. The number of rotatable bonds is 10. The average molecular weight is 474 g/mol. The van der Waals surface area contributed by atoms with Crippen LogP contribution in [0.25, 0.3) is 11.1 Å². The van der Waals surface area contributed by atoms with E-state index in [0.29, 0.717) is 0 Å². The van der Waals surface area contributed by atoms with Gasteiger partial charge in [-0.1, -0.05) is 98.6 Å². The molecule has 3 aromatic carbocycles. The number of benzene rings is 3. The predicted molar refractivity (Wildman–Crippen MR) is 134 cm³/mol. The van der Waals surface area contributed by atoms with Crippen molar-refractivity contribution in [3.05, 3.63) is 95.6 Å². The molecule has 0 atom stereocenters. The SMILES string of the molecule is CCCCCCn1c(COc2ccccc2F)nnc1SC1c2ccccc2-c2ccccc21. The lowest BCUT2D eigenvalue weighted by Crippen LogP contribution is -2.10. The third-order valence-electron chi connectivity index (χ3n) is 6.22. The first kappa shape index (κ1) is 22.7. The Bertz CT molecular complexity index is 1230. The van der Waals surface area contributed by atoms with E-state index in [2.05, 4.69) is 70.2 Å². The zero-order valence-electron chi connectivity index (χ0n) is 19.3. The molecule has 0 fully saturated rings. The molecule has 1 aliphatic rings. The topological polar surface area (TPSA) is 39.9 Å². The molecule has 1 aliphatic carbocycles. The van der Waals surface area contributed by atoms with Crippen molar-refractivity contribution in [1.82, 2.24) is 14.8 Å². The van der Waals surface area contributed by atoms with Gasteiger partial charge in [0.05, 0.1) is 5.25 Å². The number of nitrogens with zero attached hydrogens (tertiary/aromatic N) is 3. The summed E-state index contributed by atoms with van der Waals surface area (Å²) in [6.07, 6.45) is 4.59. The fourth-order valence-electron chi connectivity index (χ4n) is 4.48. The summed E-state index contributed by atoms with van der Waals surface area (Å²) in [7, 11) is 0. The van der Waals surface area contributed by atoms with Crippen molar-refractivity contribution in [2.24, 2.45) is 0 Å². The number of fused-ring (bicyclic) bond motifs is 3. The standard InChI is InChI=1S/C28H28FN3OS/c1-2-3-4-11-18-32-26(19-33-25-17-10-9-16-24(25)29)30-31-28(32)34-27-22-14-7-5-12-20(22)21-13-6-8-15-23(21)27/h5-10,12-17,27H,2-4,11,18-19H2,1H3. The van der Waals surface area contributed by atoms with Crippen LogP contribution in [-0.2, 0) is 13.2 Å². The molecule has 0 radical (unpaired) electrons. The lowest BCUT2D eigenvalue weighted by atomic mass is 10.1. The van der Waals surface area contributed by atoms with Crippen molar-refractivity contribution in [2.45, 2.75) is 56.2 Å². The highest BCUT2D eigenvalue weighted by Crippen LogP contribution is 2.51. The Morgan fingerprint density at radius 2 is 1.53 bits per heavy atom. The molecule has 1 aromatic heterocycles. The van der Waals surface area contributed by atoms with Gasteiger partial charge in [-0.05, 0) is 40.8 Å². The van der Waals surface area contributed by atoms with Gasteiger partial charge in [0.2, 0.25) is 0 Å². The Labute approximate surface area is 204 Å². The van der Waals surface area contributed by atoms with Crippen LogP contribution in [0.2, 0.25) is 0 Å². The molecule has 34 heavy (non-hydrogen) atoms. The van der Waals surface area contributed by atoms with Crippen molar-refractivity contribution >= 4 is 11.8 Å². The molecule has 6 heteroatoms. The number of para-hydroxylation sites is 1. The minimum Gasteiger partial charge on any atom is -0.483 e. The summed E-state index contributed by atoms with van der Waals surface area (Å²) in [5, 5.41) is 10.1. The molecular weight excluding hydrogens is 445 g/mol. The molecule has 0 saturated carbocycles. The van der Waals surface area contributed by atoms with Gasteiger partial charge < -0.3 is 9.30 Å². The van der Waals surface area contributed by atoms with E-state index in [1.807, 2.05) is 0 Å². The van der Waals surface area contributed by atoms with Crippen molar-refractivity contribution in [3.8, 4) is 16.9 Å². The van der Waals surface area contributed by atoms with Gasteiger partial charge in [0.15, 0.2) is 22.5 Å². The molecule has 0 bridgehead atoms. The van der Waals surface area contributed by atoms with E-state index in [9.17, 15) is 4.39 Å². The Kier molecular flexibility index (Phi) is 6.95. The number of halogens is 1. The van der Waals surface area contributed by atoms with Gasteiger partial charge in [-0.15, -0.1) is 10.2 Å². The van der Waals surface area contributed by atoms with E-state index < -0.39 is 0 Å². The zero-order valence-corrected chi connectivity index (χ0v) is 20.1. The number of hydrogen-bond acceptors (Lipinski definition) is 4. The number of thioether (sulfide) groups is 1. The molecule has 0 aliphatic heterocycles. The van der Waals surface area contributed by atoms with Gasteiger partial charge in [0.1, 0.15) is 6.61 Å². The van der Waals surface area contributed by atoms with Crippen molar-refractivity contribution in [2.75, 3.05) is 0 Å². The molecule has 4 nitrogen and oxygen atoms in total. The molecular formula is C28H28FN3OS. The Morgan fingerprint density at radius 1 is 0.853 bits per heavy atom. The third-order valence-corrected chi connectivity index (χ3v) is 7.48. The molecule has 0 spiro atoms. The number of aromatic nitrogens is 3. The van der Waals surface area contributed by atoms with Crippen LogP contribution < -0.4 is 4.74 Å². The summed E-state index contributed by atoms with van der Waals surface area (Å²) in [6.45, 7) is 3.21. The summed E-state index contributed by atoms with van der Waals surface area (Å²) < 4.78 is 22.0. The lowest BCUT2D eigenvalue weighted by Gasteiger charge is -2.15. The van der Waals surface area contributed by atoms with Crippen LogP contribution in [0.1, 0.15) is 54.8 Å². The second-order valence-corrected chi connectivity index (χ2v) is 9.57. The maximum Gasteiger partial charge on any atom is 0.192 e. The normalized spacial score (nSPS) is 12.5. The van der Waals surface area contributed by atoms with E-state index in [-0.39, 0.29) is 23.4 Å². The predicted octanol–water partition coefficient (Wildman–Crippen LogP) is 7.44. The Hall–Kier alpha value is -3.12. The van der Waals surface area contributed by atoms with Gasteiger partial charge in [-0.3, -0.25) is 0 Å². The maximum absolute atomic E-state index is 14.1. The molecule has 0 unspecified atom stereocenters. The smallest absolute Gasteiger partial charge is 0.192 e. The van der Waals surface area contributed by atoms with E-state index in [1.165, 1.54) is 41.2 Å². The Balaban J connectivity index is 1.42. The van der Waals surface area contributed by atoms with Crippen LogP contribution in [0.4, 0.5) is 4.39 Å². The summed E-state index contributed by atoms with van der Waals surface area (Å²) >= 11 is 1.73. The third kappa shape index (κ3) is 4.60. The zero-order chi connectivity index (χ0) is 23.3. The van der Waals surface area contributed by atoms with Gasteiger partial charge in [-0.25, -0.2) is 4.39 Å². The van der Waals surface area contributed by atoms with Gasteiger partial charge in [0, 0.05) is 6.54 Å². The number of hydrogen-bond donors (Lipinski definition) is 0. The number of unbranched alkanes of at least 4 members (excludes halogenated alkanes) is 3. The summed E-state index contributed by atoms with van der Waals surface area (Å²) in [5.74, 6) is 0.586. The molecule has 1 heterocycles. The highest BCUT2D eigenvalue weighted by Gasteiger charge is 2.30. The van der Waals surface area contributed by atoms with E-state index in [1.54, 1.807) is 30.0 Å². The van der Waals surface area contributed by atoms with Crippen LogP contribution in [0.5, 0.6) is 5.75 Å².